The van der Waals surface area contributed by atoms with Crippen molar-refractivity contribution in [3.63, 3.8) is 0 Å². The lowest BCUT2D eigenvalue weighted by molar-refractivity contribution is -0.150. The number of ether oxygens (including phenoxy) is 3. The molecule has 0 heterocycles. The molecule has 2 N–H and O–H groups in total. The van der Waals surface area contributed by atoms with Crippen LogP contribution >= 0.6 is 23.2 Å². The Morgan fingerprint density at radius 2 is 1.53 bits per heavy atom. The summed E-state index contributed by atoms with van der Waals surface area (Å²) in [5, 5.41) is 1.15. The van der Waals surface area contributed by atoms with Crippen LogP contribution < -0.4 is 20.3 Å². The van der Waals surface area contributed by atoms with E-state index in [2.05, 4.69) is 10.9 Å². The van der Waals surface area contributed by atoms with Crippen LogP contribution in [0.25, 0.3) is 0 Å². The van der Waals surface area contributed by atoms with Gasteiger partial charge in [0.1, 0.15) is 11.5 Å². The SMILES string of the molecule is Cc1cc(OCC(=O)OCC(=O)NNC(=O)COc2ccc(Cl)cc2)c(C(C)C)cc1Cl. The largest absolute Gasteiger partial charge is 0.484 e. The molecule has 172 valence electrons. The molecule has 0 spiro atoms. The van der Waals surface area contributed by atoms with Crippen molar-refractivity contribution in [1.29, 1.82) is 0 Å². The van der Waals surface area contributed by atoms with Crippen LogP contribution in [-0.2, 0) is 19.1 Å². The summed E-state index contributed by atoms with van der Waals surface area (Å²) in [4.78, 5) is 35.4. The Bertz CT molecular complexity index is 964. The Balaban J connectivity index is 1.69. The predicted molar refractivity (Wildman–Crippen MR) is 120 cm³/mol. The Hall–Kier alpha value is -2.97. The summed E-state index contributed by atoms with van der Waals surface area (Å²) in [7, 11) is 0. The summed E-state index contributed by atoms with van der Waals surface area (Å²) in [5.41, 5.74) is 5.95. The molecule has 0 fully saturated rings. The van der Waals surface area contributed by atoms with E-state index in [1.54, 1.807) is 36.4 Å². The smallest absolute Gasteiger partial charge is 0.344 e. The van der Waals surface area contributed by atoms with Gasteiger partial charge in [0.15, 0.2) is 19.8 Å². The second kappa shape index (κ2) is 12.2. The van der Waals surface area contributed by atoms with Crippen LogP contribution in [0.2, 0.25) is 10.0 Å². The second-order valence-corrected chi connectivity index (χ2v) is 7.93. The molecule has 2 amide bonds. The van der Waals surface area contributed by atoms with Gasteiger partial charge >= 0.3 is 5.97 Å². The molecule has 0 aromatic heterocycles. The number of carbonyl (C=O) groups is 3. The third-order valence-electron chi connectivity index (χ3n) is 4.15. The van der Waals surface area contributed by atoms with Crippen molar-refractivity contribution in [3.05, 3.63) is 57.6 Å². The van der Waals surface area contributed by atoms with Crippen molar-refractivity contribution >= 4 is 41.0 Å². The molecule has 0 unspecified atom stereocenters. The van der Waals surface area contributed by atoms with Gasteiger partial charge in [-0.25, -0.2) is 4.79 Å². The fraction of sp³-hybridized carbons (Fsp3) is 0.318. The van der Waals surface area contributed by atoms with E-state index >= 15 is 0 Å². The fourth-order valence-electron chi connectivity index (χ4n) is 2.46. The minimum atomic E-state index is -0.736. The molecule has 2 rings (SSSR count). The van der Waals surface area contributed by atoms with Gasteiger partial charge in [0.2, 0.25) is 0 Å². The Morgan fingerprint density at radius 3 is 2.16 bits per heavy atom. The van der Waals surface area contributed by atoms with Crippen LogP contribution in [0.4, 0.5) is 0 Å². The quantitative estimate of drug-likeness (QED) is 0.418. The lowest BCUT2D eigenvalue weighted by atomic mass is 10.0. The van der Waals surface area contributed by atoms with E-state index in [1.807, 2.05) is 20.8 Å². The monoisotopic (exact) mass is 482 g/mol. The molecule has 2 aromatic rings. The molecular formula is C22H24Cl2N2O6. The molecule has 0 bridgehead atoms. The van der Waals surface area contributed by atoms with Gasteiger partial charge in [0.05, 0.1) is 0 Å². The van der Waals surface area contributed by atoms with Crippen LogP contribution in [0.3, 0.4) is 0 Å². The van der Waals surface area contributed by atoms with Gasteiger partial charge in [-0.15, -0.1) is 0 Å². The van der Waals surface area contributed by atoms with Crippen LogP contribution in [0.5, 0.6) is 11.5 Å². The average molecular weight is 483 g/mol. The number of hydrogen-bond acceptors (Lipinski definition) is 6. The van der Waals surface area contributed by atoms with Crippen molar-refractivity contribution in [2.24, 2.45) is 0 Å². The highest BCUT2D eigenvalue weighted by Gasteiger charge is 2.14. The van der Waals surface area contributed by atoms with E-state index < -0.39 is 24.4 Å². The van der Waals surface area contributed by atoms with Crippen molar-refractivity contribution in [2.75, 3.05) is 19.8 Å². The highest BCUT2D eigenvalue weighted by molar-refractivity contribution is 6.31. The van der Waals surface area contributed by atoms with Crippen LogP contribution in [0, 0.1) is 6.92 Å². The molecule has 10 heteroatoms. The van der Waals surface area contributed by atoms with Gasteiger partial charge < -0.3 is 14.2 Å². The number of aryl methyl sites for hydroxylation is 1. The molecule has 0 aliphatic heterocycles. The van der Waals surface area contributed by atoms with Crippen LogP contribution in [0.1, 0.15) is 30.9 Å². The minimum Gasteiger partial charge on any atom is -0.484 e. The maximum Gasteiger partial charge on any atom is 0.344 e. The molecule has 0 atom stereocenters. The molecule has 0 saturated heterocycles. The normalized spacial score (nSPS) is 10.4. The number of carbonyl (C=O) groups excluding carboxylic acids is 3. The zero-order chi connectivity index (χ0) is 23.7. The highest BCUT2D eigenvalue weighted by atomic mass is 35.5. The molecule has 32 heavy (non-hydrogen) atoms. The summed E-state index contributed by atoms with van der Waals surface area (Å²) in [6.45, 7) is 4.49. The highest BCUT2D eigenvalue weighted by Crippen LogP contribution is 2.32. The number of esters is 1. The summed E-state index contributed by atoms with van der Waals surface area (Å²) < 4.78 is 15.6. The van der Waals surface area contributed by atoms with Crippen LogP contribution in [0.15, 0.2) is 36.4 Å². The summed E-state index contributed by atoms with van der Waals surface area (Å²) in [6, 6.07) is 9.99. The van der Waals surface area contributed by atoms with Gasteiger partial charge in [0, 0.05) is 10.0 Å². The minimum absolute atomic E-state index is 0.136. The molecular weight excluding hydrogens is 459 g/mol. The van der Waals surface area contributed by atoms with E-state index in [4.69, 9.17) is 37.4 Å². The Morgan fingerprint density at radius 1 is 0.906 bits per heavy atom. The zero-order valence-electron chi connectivity index (χ0n) is 17.9. The predicted octanol–water partition coefficient (Wildman–Crippen LogP) is 3.57. The first kappa shape index (κ1) is 25.3. The maximum absolute atomic E-state index is 11.9. The lowest BCUT2D eigenvalue weighted by Gasteiger charge is -2.15. The molecule has 0 aliphatic rings. The van der Waals surface area contributed by atoms with Crippen molar-refractivity contribution in [2.45, 2.75) is 26.7 Å². The van der Waals surface area contributed by atoms with Gasteiger partial charge in [-0.2, -0.15) is 0 Å². The zero-order valence-corrected chi connectivity index (χ0v) is 19.4. The third kappa shape index (κ3) is 8.28. The lowest BCUT2D eigenvalue weighted by Crippen LogP contribution is -2.45. The number of amides is 2. The first-order valence-corrected chi connectivity index (χ1v) is 10.5. The standard InChI is InChI=1S/C22H24Cl2N2O6/c1-13(2)17-9-18(24)14(3)8-19(17)31-12-22(29)32-11-21(28)26-25-20(27)10-30-16-6-4-15(23)5-7-16/h4-9,13H,10-12H2,1-3H3,(H,25,27)(H,26,28). The topological polar surface area (TPSA) is 103 Å². The summed E-state index contributed by atoms with van der Waals surface area (Å²) in [5.74, 6) is -0.944. The molecule has 8 nitrogen and oxygen atoms in total. The van der Waals surface area contributed by atoms with Gasteiger partial charge in [-0.3, -0.25) is 20.4 Å². The Labute approximate surface area is 196 Å². The number of benzene rings is 2. The number of halogens is 2. The molecule has 0 aliphatic carbocycles. The molecule has 0 radical (unpaired) electrons. The first-order valence-electron chi connectivity index (χ1n) is 9.70. The third-order valence-corrected chi connectivity index (χ3v) is 4.81. The number of rotatable bonds is 9. The van der Waals surface area contributed by atoms with E-state index in [0.717, 1.165) is 11.1 Å². The maximum atomic E-state index is 11.9. The molecule has 2 aromatic carbocycles. The van der Waals surface area contributed by atoms with Crippen LogP contribution in [-0.4, -0.2) is 37.6 Å². The van der Waals surface area contributed by atoms with Gasteiger partial charge in [0.25, 0.3) is 11.8 Å². The number of nitrogens with one attached hydrogen (secondary N) is 2. The van der Waals surface area contributed by atoms with E-state index in [1.165, 1.54) is 0 Å². The number of hydrogen-bond donors (Lipinski definition) is 2. The second-order valence-electron chi connectivity index (χ2n) is 7.08. The Kier molecular flexibility index (Phi) is 9.61. The van der Waals surface area contributed by atoms with E-state index in [0.29, 0.717) is 21.5 Å². The van der Waals surface area contributed by atoms with Crippen molar-refractivity contribution in [3.8, 4) is 11.5 Å². The summed E-state index contributed by atoms with van der Waals surface area (Å²) >= 11 is 11.9. The van der Waals surface area contributed by atoms with Gasteiger partial charge in [-0.05, 0) is 60.4 Å². The van der Waals surface area contributed by atoms with Gasteiger partial charge in [-0.1, -0.05) is 37.0 Å². The van der Waals surface area contributed by atoms with E-state index in [9.17, 15) is 14.4 Å². The average Bonchev–Trinajstić information content (AvgIpc) is 2.76. The van der Waals surface area contributed by atoms with E-state index in [-0.39, 0.29) is 19.1 Å². The van der Waals surface area contributed by atoms with Crippen molar-refractivity contribution < 1.29 is 28.6 Å². The first-order chi connectivity index (χ1) is 15.2. The number of hydrazine groups is 1. The fourth-order valence-corrected chi connectivity index (χ4v) is 2.76. The molecule has 0 saturated carbocycles. The van der Waals surface area contributed by atoms with Crippen molar-refractivity contribution in [1.82, 2.24) is 10.9 Å². The summed E-state index contributed by atoms with van der Waals surface area (Å²) in [6.07, 6.45) is 0.